The van der Waals surface area contributed by atoms with Gasteiger partial charge in [0, 0.05) is 0 Å². The fourth-order valence-corrected chi connectivity index (χ4v) is 1.18. The predicted molar refractivity (Wildman–Crippen MR) is 53.2 cm³/mol. The Hall–Kier alpha value is 1.21. The molecule has 0 spiro atoms. The van der Waals surface area contributed by atoms with Crippen LogP contribution in [-0.2, 0) is 0 Å². The van der Waals surface area contributed by atoms with E-state index in [0.717, 1.165) is 19.3 Å². The monoisotopic (exact) mass is 260 g/mol. The Morgan fingerprint density at radius 2 is 1.54 bits per heavy atom. The second kappa shape index (κ2) is 15.7. The van der Waals surface area contributed by atoms with Gasteiger partial charge in [-0.05, 0) is 0 Å². The van der Waals surface area contributed by atoms with Gasteiger partial charge in [-0.2, -0.15) is 0 Å². The molecule has 0 amide bonds. The van der Waals surface area contributed by atoms with E-state index in [1.165, 1.54) is 25.7 Å². The summed E-state index contributed by atoms with van der Waals surface area (Å²) >= 11 is 0. The van der Waals surface area contributed by atoms with Crippen molar-refractivity contribution in [2.75, 3.05) is 0 Å². The van der Waals surface area contributed by atoms with Gasteiger partial charge in [0.05, 0.1) is 0 Å². The maximum Gasteiger partial charge on any atom is 2.00 e. The third-order valence-corrected chi connectivity index (χ3v) is 2.08. The minimum absolute atomic E-state index is 0. The van der Waals surface area contributed by atoms with Crippen molar-refractivity contribution in [1.29, 1.82) is 0 Å². The summed E-state index contributed by atoms with van der Waals surface area (Å²) in [6.45, 7) is 4.19. The quantitative estimate of drug-likeness (QED) is 0.431. The topological polar surface area (TPSA) is 23.1 Å². The van der Waals surface area contributed by atoms with Gasteiger partial charge in [0.25, 0.3) is 0 Å². The van der Waals surface area contributed by atoms with E-state index in [0.29, 0.717) is 0 Å². The van der Waals surface area contributed by atoms with Crippen LogP contribution < -0.4 is 22.1 Å². The van der Waals surface area contributed by atoms with E-state index in [-0.39, 0.29) is 46.1 Å². The summed E-state index contributed by atoms with van der Waals surface area (Å²) in [7, 11) is 0. The second-order valence-electron chi connectivity index (χ2n) is 3.23. The van der Waals surface area contributed by atoms with Crippen LogP contribution in [0.1, 0.15) is 58.8 Å². The molecule has 1 atom stereocenters. The van der Waals surface area contributed by atoms with Crippen LogP contribution >= 0.6 is 0 Å². The SMILES string of the molecule is CCCCCCCC([O-])CC.[Br-].[Mg+2]. The molecular formula is C10H21BrMgO. The summed E-state index contributed by atoms with van der Waals surface area (Å²) in [5, 5.41) is 10.9. The molecule has 0 saturated heterocycles. The zero-order chi connectivity index (χ0) is 8.53. The zero-order valence-electron chi connectivity index (χ0n) is 9.02. The normalized spacial score (nSPS) is 11.3. The molecule has 0 radical (unpaired) electrons. The van der Waals surface area contributed by atoms with E-state index < -0.39 is 0 Å². The molecule has 76 valence electrons. The Morgan fingerprint density at radius 3 is 2.00 bits per heavy atom. The van der Waals surface area contributed by atoms with Gasteiger partial charge in [-0.1, -0.05) is 58.8 Å². The largest absolute Gasteiger partial charge is 2.00 e. The Balaban J connectivity index is -0.000000500. The summed E-state index contributed by atoms with van der Waals surface area (Å²) in [6, 6.07) is 0. The van der Waals surface area contributed by atoms with Crippen LogP contribution in [0.2, 0.25) is 0 Å². The molecule has 3 heteroatoms. The van der Waals surface area contributed by atoms with Crippen LogP contribution in [0.3, 0.4) is 0 Å². The third-order valence-electron chi connectivity index (χ3n) is 2.08. The predicted octanol–water partition coefficient (Wildman–Crippen LogP) is -0.891. The van der Waals surface area contributed by atoms with Crippen LogP contribution in [0.25, 0.3) is 0 Å². The summed E-state index contributed by atoms with van der Waals surface area (Å²) in [5.74, 6) is 0. The number of hydrogen-bond donors (Lipinski definition) is 0. The first-order valence-corrected chi connectivity index (χ1v) is 4.97. The Bertz CT molecular complexity index is 81.3. The van der Waals surface area contributed by atoms with Crippen LogP contribution in [-0.4, -0.2) is 29.2 Å². The van der Waals surface area contributed by atoms with E-state index >= 15 is 0 Å². The van der Waals surface area contributed by atoms with Crippen molar-refractivity contribution in [2.24, 2.45) is 0 Å². The van der Waals surface area contributed by atoms with Gasteiger partial charge in [-0.25, -0.2) is 0 Å². The molecule has 0 aromatic carbocycles. The van der Waals surface area contributed by atoms with Gasteiger partial charge in [0.15, 0.2) is 0 Å². The molecular weight excluding hydrogens is 240 g/mol. The van der Waals surface area contributed by atoms with Crippen molar-refractivity contribution in [1.82, 2.24) is 0 Å². The number of halogens is 1. The van der Waals surface area contributed by atoms with Gasteiger partial charge in [-0.15, -0.1) is 6.10 Å². The Labute approximate surface area is 110 Å². The van der Waals surface area contributed by atoms with E-state index in [2.05, 4.69) is 6.92 Å². The first-order chi connectivity index (χ1) is 5.31. The van der Waals surface area contributed by atoms with Crippen molar-refractivity contribution in [3.05, 3.63) is 0 Å². The minimum atomic E-state index is -0.295. The molecule has 0 fully saturated rings. The smallest absolute Gasteiger partial charge is 1.00 e. The first-order valence-electron chi connectivity index (χ1n) is 4.97. The summed E-state index contributed by atoms with van der Waals surface area (Å²) in [6.07, 6.45) is 7.72. The Kier molecular flexibility index (Phi) is 23.8. The molecule has 0 rings (SSSR count). The number of unbranched alkanes of at least 4 members (excludes halogenated alkanes) is 4. The first kappa shape index (κ1) is 19.7. The van der Waals surface area contributed by atoms with Crippen molar-refractivity contribution in [3.63, 3.8) is 0 Å². The van der Waals surface area contributed by atoms with Crippen LogP contribution in [0, 0.1) is 0 Å². The third kappa shape index (κ3) is 15.9. The van der Waals surface area contributed by atoms with E-state index in [1.807, 2.05) is 6.92 Å². The molecule has 0 bridgehead atoms. The standard InChI is InChI=1S/C10H21O.BrH.Mg/c1-3-5-6-7-8-9-10(11)4-2;;/h10H,3-9H2,1-2H3;1H;/q-1;;+2/p-1. The molecule has 0 aliphatic carbocycles. The fraction of sp³-hybridized carbons (Fsp3) is 1.00. The van der Waals surface area contributed by atoms with Crippen molar-refractivity contribution in [2.45, 2.75) is 64.9 Å². The molecule has 0 aliphatic rings. The minimum Gasteiger partial charge on any atom is -1.00 e. The van der Waals surface area contributed by atoms with E-state index in [1.54, 1.807) is 0 Å². The van der Waals surface area contributed by atoms with Crippen molar-refractivity contribution in [3.8, 4) is 0 Å². The zero-order valence-corrected chi connectivity index (χ0v) is 12.0. The fourth-order valence-electron chi connectivity index (χ4n) is 1.18. The van der Waals surface area contributed by atoms with Crippen LogP contribution in [0.4, 0.5) is 0 Å². The molecule has 0 heterocycles. The van der Waals surface area contributed by atoms with Gasteiger partial charge < -0.3 is 22.1 Å². The molecule has 0 saturated carbocycles. The number of rotatable bonds is 7. The average molecular weight is 261 g/mol. The van der Waals surface area contributed by atoms with Crippen LogP contribution in [0.15, 0.2) is 0 Å². The van der Waals surface area contributed by atoms with Crippen molar-refractivity contribution < 1.29 is 22.1 Å². The van der Waals surface area contributed by atoms with Gasteiger partial charge in [0.1, 0.15) is 0 Å². The molecule has 1 nitrogen and oxygen atoms in total. The molecule has 0 N–H and O–H groups in total. The summed E-state index contributed by atoms with van der Waals surface area (Å²) in [4.78, 5) is 0. The average Bonchev–Trinajstić information content (AvgIpc) is 2.04. The Morgan fingerprint density at radius 1 is 1.00 bits per heavy atom. The van der Waals surface area contributed by atoms with Gasteiger partial charge in [0.2, 0.25) is 0 Å². The maximum atomic E-state index is 10.9. The van der Waals surface area contributed by atoms with Crippen molar-refractivity contribution >= 4 is 23.1 Å². The molecule has 0 aliphatic heterocycles. The summed E-state index contributed by atoms with van der Waals surface area (Å²) in [5.41, 5.74) is 0. The molecule has 1 unspecified atom stereocenters. The number of hydrogen-bond acceptors (Lipinski definition) is 1. The molecule has 0 aromatic heterocycles. The van der Waals surface area contributed by atoms with Gasteiger partial charge in [-0.3, -0.25) is 0 Å². The van der Waals surface area contributed by atoms with E-state index in [9.17, 15) is 5.11 Å². The van der Waals surface area contributed by atoms with Gasteiger partial charge >= 0.3 is 23.1 Å². The second-order valence-corrected chi connectivity index (χ2v) is 3.23. The van der Waals surface area contributed by atoms with E-state index in [4.69, 9.17) is 0 Å². The maximum absolute atomic E-state index is 10.9. The molecule has 13 heavy (non-hydrogen) atoms. The summed E-state index contributed by atoms with van der Waals surface area (Å²) < 4.78 is 0. The molecule has 0 aromatic rings. The van der Waals surface area contributed by atoms with Crippen LogP contribution in [0.5, 0.6) is 0 Å².